The number of halogens is 2. The van der Waals surface area contributed by atoms with Crippen LogP contribution in [-0.2, 0) is 6.54 Å². The molecule has 2 aromatic carbocycles. The highest BCUT2D eigenvalue weighted by molar-refractivity contribution is 6.30. The fourth-order valence-electron chi connectivity index (χ4n) is 2.76. The number of pyridine rings is 1. The fraction of sp³-hybridized carbons (Fsp3) is 0.0500. The van der Waals surface area contributed by atoms with E-state index in [0.717, 1.165) is 5.56 Å². The second-order valence-electron chi connectivity index (χ2n) is 5.89. The van der Waals surface area contributed by atoms with E-state index in [1.54, 1.807) is 48.7 Å². The summed E-state index contributed by atoms with van der Waals surface area (Å²) in [5, 5.41) is 0.975. The molecule has 4 rings (SSSR count). The lowest BCUT2D eigenvalue weighted by Crippen LogP contribution is -2.31. The van der Waals surface area contributed by atoms with Gasteiger partial charge < -0.3 is 5.43 Å². The van der Waals surface area contributed by atoms with Crippen molar-refractivity contribution in [3.05, 3.63) is 93.6 Å². The summed E-state index contributed by atoms with van der Waals surface area (Å²) in [5.41, 5.74) is 4.09. The van der Waals surface area contributed by atoms with Gasteiger partial charge >= 0.3 is 0 Å². The molecule has 2 heterocycles. The molecule has 0 radical (unpaired) electrons. The Kier molecular flexibility index (Phi) is 4.56. The topological polar surface area (TPSA) is 59.8 Å². The van der Waals surface area contributed by atoms with Crippen molar-refractivity contribution in [1.29, 1.82) is 0 Å². The van der Waals surface area contributed by atoms with E-state index >= 15 is 0 Å². The Labute approximate surface area is 159 Å². The molecule has 0 bridgehead atoms. The molecule has 2 aromatic heterocycles. The summed E-state index contributed by atoms with van der Waals surface area (Å²) in [6.07, 6.45) is 1.55. The highest BCUT2D eigenvalue weighted by Crippen LogP contribution is 2.21. The highest BCUT2D eigenvalue weighted by Gasteiger charge is 2.16. The minimum atomic E-state index is -0.471. The van der Waals surface area contributed by atoms with Crippen LogP contribution < -0.4 is 11.0 Å². The first-order valence-electron chi connectivity index (χ1n) is 8.24. The zero-order chi connectivity index (χ0) is 18.8. The number of nitrogens with one attached hydrogen (secondary N) is 1. The maximum atomic E-state index is 14.4. The number of aromatic nitrogens is 3. The average molecular weight is 381 g/mol. The Balaban J connectivity index is 1.85. The molecule has 0 atom stereocenters. The summed E-state index contributed by atoms with van der Waals surface area (Å²) in [6, 6.07) is 16.7. The van der Waals surface area contributed by atoms with Crippen LogP contribution in [0.1, 0.15) is 5.56 Å². The molecular weight excluding hydrogens is 367 g/mol. The molecule has 7 heteroatoms. The SMILES string of the molecule is O=c1c2cccnc2nc(-c2ccccc2F)n1NCc1ccc(Cl)cc1. The van der Waals surface area contributed by atoms with Crippen LogP contribution in [0.3, 0.4) is 0 Å². The molecule has 0 unspecified atom stereocenters. The van der Waals surface area contributed by atoms with Gasteiger partial charge in [0.2, 0.25) is 0 Å². The van der Waals surface area contributed by atoms with E-state index < -0.39 is 5.82 Å². The van der Waals surface area contributed by atoms with Gasteiger partial charge in [-0.1, -0.05) is 35.9 Å². The van der Waals surface area contributed by atoms with Crippen LogP contribution in [0.15, 0.2) is 71.7 Å². The first-order valence-corrected chi connectivity index (χ1v) is 8.62. The lowest BCUT2D eigenvalue weighted by atomic mass is 10.2. The Morgan fingerprint density at radius 2 is 1.81 bits per heavy atom. The van der Waals surface area contributed by atoms with Crippen LogP contribution in [0, 0.1) is 5.82 Å². The summed E-state index contributed by atoms with van der Waals surface area (Å²) in [5.74, 6) is -0.306. The highest BCUT2D eigenvalue weighted by atomic mass is 35.5. The number of fused-ring (bicyclic) bond motifs is 1. The summed E-state index contributed by atoms with van der Waals surface area (Å²) in [4.78, 5) is 21.5. The van der Waals surface area contributed by atoms with Crippen LogP contribution >= 0.6 is 11.6 Å². The first kappa shape index (κ1) is 17.2. The summed E-state index contributed by atoms with van der Waals surface area (Å²) in [6.45, 7) is 0.339. The Morgan fingerprint density at radius 1 is 1.04 bits per heavy atom. The Hall–Kier alpha value is -3.25. The third-order valence-corrected chi connectivity index (χ3v) is 4.37. The largest absolute Gasteiger partial charge is 0.317 e. The van der Waals surface area contributed by atoms with Gasteiger partial charge in [0, 0.05) is 11.2 Å². The second kappa shape index (κ2) is 7.17. The quantitative estimate of drug-likeness (QED) is 0.581. The number of benzene rings is 2. The molecular formula is C20H14ClFN4O. The smallest absolute Gasteiger partial charge is 0.281 e. The standard InChI is InChI=1S/C20H14ClFN4O/c21-14-9-7-13(8-10-14)12-24-26-19(15-4-1-2-6-17(15)22)25-18-16(20(26)27)5-3-11-23-18/h1-11,24H,12H2. The Bertz CT molecular complexity index is 1170. The van der Waals surface area contributed by atoms with E-state index in [1.165, 1.54) is 10.7 Å². The van der Waals surface area contributed by atoms with Crippen LogP contribution in [0.25, 0.3) is 22.4 Å². The van der Waals surface area contributed by atoms with Gasteiger partial charge in [-0.3, -0.25) is 4.79 Å². The maximum absolute atomic E-state index is 14.4. The van der Waals surface area contributed by atoms with Gasteiger partial charge in [0.15, 0.2) is 11.5 Å². The van der Waals surface area contributed by atoms with Crippen molar-refractivity contribution in [2.45, 2.75) is 6.54 Å². The van der Waals surface area contributed by atoms with Crippen LogP contribution in [0.2, 0.25) is 5.02 Å². The van der Waals surface area contributed by atoms with E-state index in [-0.39, 0.29) is 22.6 Å². The molecule has 4 aromatic rings. The van der Waals surface area contributed by atoms with Crippen molar-refractivity contribution in [1.82, 2.24) is 14.6 Å². The zero-order valence-electron chi connectivity index (χ0n) is 14.1. The van der Waals surface area contributed by atoms with Gasteiger partial charge in [-0.2, -0.15) is 0 Å². The number of hydrogen-bond donors (Lipinski definition) is 1. The molecule has 134 valence electrons. The third-order valence-electron chi connectivity index (χ3n) is 4.11. The number of rotatable bonds is 4. The van der Waals surface area contributed by atoms with E-state index in [1.807, 2.05) is 12.1 Å². The molecule has 0 amide bonds. The summed E-state index contributed by atoms with van der Waals surface area (Å²) >= 11 is 5.91. The lowest BCUT2D eigenvalue weighted by Gasteiger charge is -2.15. The minimum absolute atomic E-state index is 0.165. The van der Waals surface area contributed by atoms with E-state index in [2.05, 4.69) is 15.4 Å². The van der Waals surface area contributed by atoms with Gasteiger partial charge in [0.1, 0.15) is 5.82 Å². The number of nitrogens with zero attached hydrogens (tertiary/aromatic N) is 3. The minimum Gasteiger partial charge on any atom is -0.317 e. The Morgan fingerprint density at radius 3 is 2.59 bits per heavy atom. The molecule has 27 heavy (non-hydrogen) atoms. The van der Waals surface area contributed by atoms with Crippen molar-refractivity contribution in [3.63, 3.8) is 0 Å². The molecule has 0 aliphatic carbocycles. The molecule has 5 nitrogen and oxygen atoms in total. The van der Waals surface area contributed by atoms with Gasteiger partial charge in [0.25, 0.3) is 5.56 Å². The predicted octanol–water partition coefficient (Wildman–Crippen LogP) is 3.99. The first-order chi connectivity index (χ1) is 13.1. The maximum Gasteiger partial charge on any atom is 0.281 e. The molecule has 0 spiro atoms. The van der Waals surface area contributed by atoms with Gasteiger partial charge in [-0.15, -0.1) is 0 Å². The van der Waals surface area contributed by atoms with Gasteiger partial charge in [0.05, 0.1) is 17.5 Å². The second-order valence-corrected chi connectivity index (χ2v) is 6.33. The van der Waals surface area contributed by atoms with E-state index in [0.29, 0.717) is 17.0 Å². The predicted molar refractivity (Wildman–Crippen MR) is 104 cm³/mol. The average Bonchev–Trinajstić information content (AvgIpc) is 2.69. The monoisotopic (exact) mass is 380 g/mol. The van der Waals surface area contributed by atoms with Crippen LogP contribution in [0.4, 0.5) is 4.39 Å². The summed E-state index contributed by atoms with van der Waals surface area (Å²) in [7, 11) is 0. The normalized spacial score (nSPS) is 10.9. The fourth-order valence-corrected chi connectivity index (χ4v) is 2.89. The van der Waals surface area contributed by atoms with Crippen molar-refractivity contribution in [2.24, 2.45) is 0 Å². The van der Waals surface area contributed by atoms with E-state index in [9.17, 15) is 9.18 Å². The summed E-state index contributed by atoms with van der Waals surface area (Å²) < 4.78 is 15.6. The molecule has 0 aliphatic heterocycles. The molecule has 0 aliphatic rings. The van der Waals surface area contributed by atoms with Gasteiger partial charge in [-0.05, 0) is 42.0 Å². The molecule has 0 saturated heterocycles. The van der Waals surface area contributed by atoms with Crippen molar-refractivity contribution < 1.29 is 4.39 Å². The molecule has 0 saturated carbocycles. The van der Waals surface area contributed by atoms with Crippen molar-refractivity contribution >= 4 is 22.6 Å². The van der Waals surface area contributed by atoms with E-state index in [4.69, 9.17) is 11.6 Å². The number of hydrogen-bond acceptors (Lipinski definition) is 4. The van der Waals surface area contributed by atoms with Crippen LogP contribution in [0.5, 0.6) is 0 Å². The third kappa shape index (κ3) is 3.39. The molecule has 0 fully saturated rings. The van der Waals surface area contributed by atoms with Crippen molar-refractivity contribution in [3.8, 4) is 11.4 Å². The van der Waals surface area contributed by atoms with Crippen molar-refractivity contribution in [2.75, 3.05) is 5.43 Å². The lowest BCUT2D eigenvalue weighted by molar-refractivity contribution is 0.627. The zero-order valence-corrected chi connectivity index (χ0v) is 14.8. The van der Waals surface area contributed by atoms with Gasteiger partial charge in [-0.25, -0.2) is 19.0 Å². The molecule has 1 N–H and O–H groups in total. The van der Waals surface area contributed by atoms with Crippen LogP contribution in [-0.4, -0.2) is 14.6 Å².